The fourth-order valence-electron chi connectivity index (χ4n) is 0. The molecule has 0 spiro atoms. The Hall–Kier alpha value is 0.130. The Morgan fingerprint density at radius 3 is 1.67 bits per heavy atom. The van der Waals surface area contributed by atoms with E-state index < -0.39 is 0 Å². The molecule has 2 heteroatoms. The molecule has 0 aromatic heterocycles. The van der Waals surface area contributed by atoms with Crippen molar-refractivity contribution in [1.82, 2.24) is 0 Å². The van der Waals surface area contributed by atoms with Crippen molar-refractivity contribution in [3.63, 3.8) is 0 Å². The van der Waals surface area contributed by atoms with Crippen LogP contribution < -0.4 is 0 Å². The molecule has 0 aliphatic rings. The summed E-state index contributed by atoms with van der Waals surface area (Å²) < 4.78 is 0. The van der Waals surface area contributed by atoms with Crippen LogP contribution >= 0.6 is 0 Å². The van der Waals surface area contributed by atoms with Crippen molar-refractivity contribution < 1.29 is 0 Å². The molecular weight excluding hydrogens is 69.7 g/mol. The van der Waals surface area contributed by atoms with Crippen LogP contribution in [0.1, 0.15) is 20.3 Å². The van der Waals surface area contributed by atoms with E-state index in [4.69, 9.17) is 0 Å². The molecule has 0 heterocycles. The summed E-state index contributed by atoms with van der Waals surface area (Å²) in [6.45, 7) is 4.45. The summed E-state index contributed by atoms with van der Waals surface area (Å²) in [6.07, 6.45) is 1.27. The van der Waals surface area contributed by atoms with E-state index in [1.165, 1.54) is 6.42 Å². The van der Waals surface area contributed by atoms with Crippen molar-refractivity contribution in [2.24, 2.45) is 0 Å². The fraction of sp³-hybridized carbons (Fsp3) is 1.00. The van der Waals surface area contributed by atoms with Crippen LogP contribution in [0, 0.1) is 0 Å². The Labute approximate surface area is 42.1 Å². The molecule has 0 fully saturated rings. The minimum atomic E-state index is 0.542. The molecule has 0 unspecified atom stereocenters. The molecule has 0 aromatic rings. The molecule has 0 aromatic carbocycles. The second-order valence-corrected chi connectivity index (χ2v) is 2.91. The lowest BCUT2D eigenvalue weighted by molar-refractivity contribution is 0.803. The second-order valence-electron chi connectivity index (χ2n) is 2.91. The maximum Gasteiger partial charge on any atom is 0.0988 e. The van der Waals surface area contributed by atoms with E-state index in [1.54, 1.807) is 0 Å². The van der Waals surface area contributed by atoms with Crippen molar-refractivity contribution >= 4 is 15.7 Å². The van der Waals surface area contributed by atoms with Gasteiger partial charge in [-0.15, -0.1) is 0 Å². The molecule has 34 valence electrons. The average molecular weight is 81.8 g/mol. The lowest BCUT2D eigenvalue weighted by atomic mass is 9.55. The summed E-state index contributed by atoms with van der Waals surface area (Å²) in [6, 6.07) is 0. The Kier molecular flexibility index (Phi) is 1.76. The molecule has 0 N–H and O–H groups in total. The Balaban J connectivity index is 3.17. The van der Waals surface area contributed by atoms with Crippen LogP contribution in [0.2, 0.25) is 5.21 Å². The van der Waals surface area contributed by atoms with E-state index in [0.717, 1.165) is 0 Å². The average Bonchev–Trinajstić information content (AvgIpc) is 1.35. The van der Waals surface area contributed by atoms with Gasteiger partial charge in [-0.3, -0.25) is 0 Å². The predicted molar refractivity (Wildman–Crippen MR) is 35.7 cm³/mol. The monoisotopic (exact) mass is 82.1 g/mol. The third-order valence-electron chi connectivity index (χ3n) is 1.06. The van der Waals surface area contributed by atoms with Crippen molar-refractivity contribution in [1.29, 1.82) is 0 Å². The van der Waals surface area contributed by atoms with Crippen LogP contribution in [0.15, 0.2) is 0 Å². The van der Waals surface area contributed by atoms with Gasteiger partial charge in [0.05, 0.1) is 15.7 Å². The van der Waals surface area contributed by atoms with E-state index in [9.17, 15) is 0 Å². The van der Waals surface area contributed by atoms with Gasteiger partial charge in [0, 0.05) is 0 Å². The summed E-state index contributed by atoms with van der Waals surface area (Å²) in [5.74, 6) is 0. The minimum absolute atomic E-state index is 0.542. The Morgan fingerprint density at radius 1 is 1.50 bits per heavy atom. The largest absolute Gasteiger partial charge is 0.0988 e. The standard InChI is InChI=1S/C4H12B2/c1-3-4(2,5)6/h3,5-6H2,1-2H3. The highest BCUT2D eigenvalue weighted by Gasteiger charge is 2.04. The van der Waals surface area contributed by atoms with E-state index in [1.807, 2.05) is 0 Å². The van der Waals surface area contributed by atoms with Gasteiger partial charge in [-0.1, -0.05) is 25.5 Å². The topological polar surface area (TPSA) is 0 Å². The Bertz CT molecular complexity index is 35.3. The van der Waals surface area contributed by atoms with Gasteiger partial charge in [0.1, 0.15) is 0 Å². The molecule has 0 saturated carbocycles. The van der Waals surface area contributed by atoms with Crippen molar-refractivity contribution in [2.45, 2.75) is 25.5 Å². The van der Waals surface area contributed by atoms with Gasteiger partial charge in [-0.05, 0) is 0 Å². The molecule has 6 heavy (non-hydrogen) atoms. The molecule has 0 aliphatic carbocycles. The first-order chi connectivity index (χ1) is 2.56. The third kappa shape index (κ3) is 4.13. The van der Waals surface area contributed by atoms with Gasteiger partial charge in [-0.25, -0.2) is 0 Å². The molecule has 0 saturated heterocycles. The van der Waals surface area contributed by atoms with Crippen LogP contribution in [0.4, 0.5) is 0 Å². The summed E-state index contributed by atoms with van der Waals surface area (Å²) in [5.41, 5.74) is 0. The SMILES string of the molecule is BC(B)(C)CC. The normalized spacial score (nSPS) is 11.7. The predicted octanol–water partition coefficient (Wildman–Crippen LogP) is -0.201. The van der Waals surface area contributed by atoms with Crippen molar-refractivity contribution in [3.05, 3.63) is 0 Å². The maximum atomic E-state index is 2.24. The third-order valence-corrected chi connectivity index (χ3v) is 1.06. The van der Waals surface area contributed by atoms with Gasteiger partial charge >= 0.3 is 0 Å². The second kappa shape index (κ2) is 1.72. The zero-order valence-corrected chi connectivity index (χ0v) is 5.21. The molecule has 0 atom stereocenters. The molecule has 0 amide bonds. The highest BCUT2D eigenvalue weighted by atomic mass is 13.9. The molecule has 0 bridgehead atoms. The number of hydrogen-bond donors (Lipinski definition) is 0. The lowest BCUT2D eigenvalue weighted by Gasteiger charge is -2.12. The minimum Gasteiger partial charge on any atom is -0.0874 e. The van der Waals surface area contributed by atoms with Gasteiger partial charge in [-0.2, -0.15) is 0 Å². The summed E-state index contributed by atoms with van der Waals surface area (Å²) in [4.78, 5) is 0. The first-order valence-electron chi connectivity index (χ1n) is 2.56. The summed E-state index contributed by atoms with van der Waals surface area (Å²) in [7, 11) is 4.49. The van der Waals surface area contributed by atoms with Crippen LogP contribution in [0.3, 0.4) is 0 Å². The lowest BCUT2D eigenvalue weighted by Crippen LogP contribution is -2.03. The van der Waals surface area contributed by atoms with Gasteiger partial charge < -0.3 is 0 Å². The van der Waals surface area contributed by atoms with E-state index in [-0.39, 0.29) is 0 Å². The summed E-state index contributed by atoms with van der Waals surface area (Å²) in [5, 5.41) is 0.542. The van der Waals surface area contributed by atoms with Gasteiger partial charge in [0.15, 0.2) is 0 Å². The molecule has 0 aliphatic heterocycles. The zero-order chi connectivity index (χ0) is 5.21. The van der Waals surface area contributed by atoms with E-state index in [2.05, 4.69) is 29.5 Å². The van der Waals surface area contributed by atoms with Crippen LogP contribution in [-0.4, -0.2) is 15.7 Å². The van der Waals surface area contributed by atoms with Crippen LogP contribution in [0.5, 0.6) is 0 Å². The fourth-order valence-corrected chi connectivity index (χ4v) is 0. The molecule has 0 radical (unpaired) electrons. The van der Waals surface area contributed by atoms with E-state index in [0.29, 0.717) is 5.21 Å². The first-order valence-corrected chi connectivity index (χ1v) is 2.56. The van der Waals surface area contributed by atoms with E-state index >= 15 is 0 Å². The quantitative estimate of drug-likeness (QED) is 0.384. The van der Waals surface area contributed by atoms with Crippen molar-refractivity contribution in [2.75, 3.05) is 0 Å². The smallest absolute Gasteiger partial charge is 0.0874 e. The summed E-state index contributed by atoms with van der Waals surface area (Å²) >= 11 is 0. The van der Waals surface area contributed by atoms with Crippen LogP contribution in [-0.2, 0) is 0 Å². The molecule has 0 rings (SSSR count). The molecule has 0 nitrogen and oxygen atoms in total. The molecular formula is C4H12B2. The number of hydrogen-bond acceptors (Lipinski definition) is 0. The van der Waals surface area contributed by atoms with Gasteiger partial charge in [0.25, 0.3) is 0 Å². The first kappa shape index (κ1) is 6.13. The number of rotatable bonds is 1. The van der Waals surface area contributed by atoms with Gasteiger partial charge in [0.2, 0.25) is 0 Å². The Morgan fingerprint density at radius 2 is 1.67 bits per heavy atom. The van der Waals surface area contributed by atoms with Crippen LogP contribution in [0.25, 0.3) is 0 Å². The maximum absolute atomic E-state index is 2.24. The zero-order valence-electron chi connectivity index (χ0n) is 5.21. The van der Waals surface area contributed by atoms with Crippen molar-refractivity contribution in [3.8, 4) is 0 Å². The highest BCUT2D eigenvalue weighted by molar-refractivity contribution is 6.39. The highest BCUT2D eigenvalue weighted by Crippen LogP contribution is 2.16.